The van der Waals surface area contributed by atoms with Gasteiger partial charge in [0.1, 0.15) is 18.0 Å². The highest BCUT2D eigenvalue weighted by molar-refractivity contribution is 5.76. The molecule has 1 aromatic heterocycles. The highest BCUT2D eigenvalue weighted by atomic mass is 16.6. The van der Waals surface area contributed by atoms with E-state index in [4.69, 9.17) is 27.0 Å². The molecule has 11 heteroatoms. The molecule has 1 aliphatic rings. The average Bonchev–Trinajstić information content (AvgIpc) is 2.63. The molecule has 1 aliphatic heterocycles. The molecule has 11 nitrogen and oxygen atoms in total. The minimum atomic E-state index is -2.14. The van der Waals surface area contributed by atoms with Crippen molar-refractivity contribution in [3.63, 3.8) is 0 Å². The highest BCUT2D eigenvalue weighted by Gasteiger charge is 2.56. The van der Waals surface area contributed by atoms with Crippen LogP contribution in [0.2, 0.25) is 0 Å². The molecule has 116 valence electrons. The first-order valence-electron chi connectivity index (χ1n) is 5.93. The van der Waals surface area contributed by atoms with Gasteiger partial charge in [-0.1, -0.05) is 0 Å². The van der Waals surface area contributed by atoms with Gasteiger partial charge in [-0.25, -0.2) is 9.36 Å². The third-order valence-electron chi connectivity index (χ3n) is 3.05. The number of rotatable bonds is 3. The molecular weight excluding hydrogens is 284 g/mol. The fourth-order valence-corrected chi connectivity index (χ4v) is 2.12. The molecule has 0 unspecified atom stereocenters. The zero-order valence-corrected chi connectivity index (χ0v) is 10.8. The lowest BCUT2D eigenvalue weighted by Gasteiger charge is -2.29. The lowest BCUT2D eigenvalue weighted by atomic mass is 10.1. The maximum Gasteiger partial charge on any atom is 0.353 e. The van der Waals surface area contributed by atoms with Crippen LogP contribution in [0.25, 0.3) is 0 Å². The zero-order valence-electron chi connectivity index (χ0n) is 10.8. The second-order valence-electron chi connectivity index (χ2n) is 4.47. The normalized spacial score (nSPS) is 32.0. The Labute approximate surface area is 118 Å². The molecule has 0 aromatic carbocycles. The molecule has 2 heterocycles. The molecule has 2 rings (SSSR count). The van der Waals surface area contributed by atoms with Crippen molar-refractivity contribution in [2.75, 3.05) is 12.3 Å². The van der Waals surface area contributed by atoms with Crippen molar-refractivity contribution < 1.29 is 20.1 Å². The van der Waals surface area contributed by atoms with Gasteiger partial charge in [0.2, 0.25) is 0 Å². The van der Waals surface area contributed by atoms with Crippen LogP contribution in [-0.2, 0) is 10.6 Å². The number of aromatic nitrogens is 2. The minimum absolute atomic E-state index is 0.0529. The largest absolute Gasteiger partial charge is 0.394 e. The van der Waals surface area contributed by atoms with E-state index in [1.807, 2.05) is 0 Å². The number of aliphatic imine (C=N–C) groups is 1. The second kappa shape index (κ2) is 5.29. The molecule has 9 N–H and O–H groups in total. The fourth-order valence-electron chi connectivity index (χ4n) is 2.12. The van der Waals surface area contributed by atoms with E-state index in [9.17, 15) is 15.0 Å². The number of anilines is 1. The van der Waals surface area contributed by atoms with Gasteiger partial charge in [0.05, 0.1) is 6.61 Å². The molecule has 0 radical (unpaired) electrons. The predicted molar refractivity (Wildman–Crippen MR) is 70.7 cm³/mol. The SMILES string of the molecule is NC(N)=N[C@@]1(n2ccc(N)nc2=O)O[C@H](CO)[C@@H](O)[C@H]1O. The van der Waals surface area contributed by atoms with Crippen molar-refractivity contribution in [1.82, 2.24) is 9.55 Å². The molecule has 0 amide bonds. The van der Waals surface area contributed by atoms with Crippen molar-refractivity contribution in [3.8, 4) is 0 Å². The van der Waals surface area contributed by atoms with Crippen molar-refractivity contribution >= 4 is 11.8 Å². The fraction of sp³-hybridized carbons (Fsp3) is 0.500. The molecule has 0 bridgehead atoms. The quantitative estimate of drug-likeness (QED) is 0.237. The van der Waals surface area contributed by atoms with E-state index in [2.05, 4.69) is 9.98 Å². The van der Waals surface area contributed by atoms with Gasteiger partial charge < -0.3 is 37.3 Å². The van der Waals surface area contributed by atoms with Gasteiger partial charge in [-0.15, -0.1) is 0 Å². The van der Waals surface area contributed by atoms with Crippen molar-refractivity contribution in [2.45, 2.75) is 24.2 Å². The molecule has 1 saturated heterocycles. The summed E-state index contributed by atoms with van der Waals surface area (Å²) in [5.74, 6) is -2.69. The third kappa shape index (κ3) is 2.42. The molecule has 1 fully saturated rings. The van der Waals surface area contributed by atoms with E-state index in [0.29, 0.717) is 0 Å². The van der Waals surface area contributed by atoms with Crippen molar-refractivity contribution in [1.29, 1.82) is 0 Å². The van der Waals surface area contributed by atoms with Gasteiger partial charge >= 0.3 is 5.69 Å². The summed E-state index contributed by atoms with van der Waals surface area (Å²) in [6, 6.07) is 1.26. The Kier molecular flexibility index (Phi) is 3.82. The molecule has 0 aliphatic carbocycles. The number of ether oxygens (including phenoxy) is 1. The topological polar surface area (TPSA) is 195 Å². The summed E-state index contributed by atoms with van der Waals surface area (Å²) < 4.78 is 6.11. The smallest absolute Gasteiger partial charge is 0.353 e. The number of hydrogen-bond acceptors (Lipinski definition) is 8. The van der Waals surface area contributed by atoms with Crippen LogP contribution in [0.1, 0.15) is 0 Å². The summed E-state index contributed by atoms with van der Waals surface area (Å²) in [4.78, 5) is 19.1. The summed E-state index contributed by atoms with van der Waals surface area (Å²) >= 11 is 0. The lowest BCUT2D eigenvalue weighted by Crippen LogP contribution is -2.51. The monoisotopic (exact) mass is 300 g/mol. The molecule has 21 heavy (non-hydrogen) atoms. The van der Waals surface area contributed by atoms with Gasteiger partial charge in [-0.2, -0.15) is 9.98 Å². The Morgan fingerprint density at radius 1 is 1.52 bits per heavy atom. The van der Waals surface area contributed by atoms with Gasteiger partial charge in [-0.05, 0) is 6.07 Å². The minimum Gasteiger partial charge on any atom is -0.394 e. The number of aliphatic hydroxyl groups is 3. The van der Waals surface area contributed by atoms with E-state index < -0.39 is 42.4 Å². The van der Waals surface area contributed by atoms with Crippen molar-refractivity contribution in [3.05, 3.63) is 22.7 Å². The van der Waals surface area contributed by atoms with Gasteiger partial charge in [0, 0.05) is 6.20 Å². The molecule has 0 spiro atoms. The standard InChI is InChI=1S/C10H16N6O5/c11-5-1-2-16(9(20)14-5)10(15-8(12)13)7(19)6(18)4(3-17)21-10/h1-2,4,6-7,17-19H,3H2,(H2,11,14,20)(H4,12,13,15)/t4-,6-,7-,10+/m1/s1. The molecule has 0 saturated carbocycles. The first-order valence-corrected chi connectivity index (χ1v) is 5.93. The Morgan fingerprint density at radius 3 is 2.67 bits per heavy atom. The van der Waals surface area contributed by atoms with E-state index in [1.165, 1.54) is 6.07 Å². The van der Waals surface area contributed by atoms with E-state index in [1.54, 1.807) is 0 Å². The van der Waals surface area contributed by atoms with Crippen LogP contribution < -0.4 is 22.9 Å². The Balaban J connectivity index is 2.64. The number of aliphatic hydroxyl groups excluding tert-OH is 3. The lowest BCUT2D eigenvalue weighted by molar-refractivity contribution is -0.144. The summed E-state index contributed by atoms with van der Waals surface area (Å²) in [6.07, 6.45) is -3.25. The number of nitrogen functional groups attached to an aromatic ring is 1. The summed E-state index contributed by atoms with van der Waals surface area (Å²) in [5, 5.41) is 29.2. The van der Waals surface area contributed by atoms with Crippen LogP contribution in [0.4, 0.5) is 5.82 Å². The molecule has 1 aromatic rings. The van der Waals surface area contributed by atoms with Crippen LogP contribution in [0.5, 0.6) is 0 Å². The number of nitrogens with two attached hydrogens (primary N) is 3. The van der Waals surface area contributed by atoms with E-state index in [-0.39, 0.29) is 5.82 Å². The van der Waals surface area contributed by atoms with Gasteiger partial charge in [0.15, 0.2) is 12.1 Å². The van der Waals surface area contributed by atoms with Gasteiger partial charge in [-0.3, -0.25) is 0 Å². The zero-order chi connectivity index (χ0) is 15.8. The summed E-state index contributed by atoms with van der Waals surface area (Å²) in [5.41, 5.74) is 15.1. The second-order valence-corrected chi connectivity index (χ2v) is 4.47. The number of hydrogen-bond donors (Lipinski definition) is 6. The Bertz CT molecular complexity index is 614. The van der Waals surface area contributed by atoms with E-state index in [0.717, 1.165) is 10.8 Å². The van der Waals surface area contributed by atoms with Crippen LogP contribution in [0.3, 0.4) is 0 Å². The Morgan fingerprint density at radius 2 is 2.19 bits per heavy atom. The summed E-state index contributed by atoms with van der Waals surface area (Å²) in [6.45, 7) is -0.614. The van der Waals surface area contributed by atoms with E-state index >= 15 is 0 Å². The highest BCUT2D eigenvalue weighted by Crippen LogP contribution is 2.35. The molecule has 4 atom stereocenters. The average molecular weight is 300 g/mol. The summed E-state index contributed by atoms with van der Waals surface area (Å²) in [7, 11) is 0. The maximum atomic E-state index is 11.9. The third-order valence-corrected chi connectivity index (χ3v) is 3.05. The van der Waals surface area contributed by atoms with Gasteiger partial charge in [0.25, 0.3) is 5.85 Å². The molecular formula is C10H16N6O5. The van der Waals surface area contributed by atoms with Crippen LogP contribution in [-0.4, -0.2) is 55.7 Å². The maximum absolute atomic E-state index is 11.9. The predicted octanol–water partition coefficient (Wildman–Crippen LogP) is -4.18. The first kappa shape index (κ1) is 15.2. The van der Waals surface area contributed by atoms with Crippen LogP contribution >= 0.6 is 0 Å². The van der Waals surface area contributed by atoms with Crippen LogP contribution in [0.15, 0.2) is 22.1 Å². The number of guanidine groups is 1. The number of nitrogens with zero attached hydrogens (tertiary/aromatic N) is 3. The van der Waals surface area contributed by atoms with Crippen LogP contribution in [0, 0.1) is 0 Å². The first-order chi connectivity index (χ1) is 9.81. The Hall–Kier alpha value is -2.21. The van der Waals surface area contributed by atoms with Crippen molar-refractivity contribution in [2.24, 2.45) is 16.5 Å².